The van der Waals surface area contributed by atoms with Gasteiger partial charge in [0.1, 0.15) is 0 Å². The van der Waals surface area contributed by atoms with Gasteiger partial charge >= 0.3 is 0 Å². The van der Waals surface area contributed by atoms with Crippen LogP contribution in [0.5, 0.6) is 0 Å². The fourth-order valence-electron chi connectivity index (χ4n) is 3.84. The maximum Gasteiger partial charge on any atom is 0.241 e. The second kappa shape index (κ2) is 7.66. The molecule has 0 aromatic heterocycles. The molecule has 2 aromatic rings. The minimum Gasteiger partial charge on any atom is -0.308 e. The number of aryl methyl sites for hydroxylation is 2. The zero-order valence-corrected chi connectivity index (χ0v) is 17.6. The van der Waals surface area contributed by atoms with Crippen LogP contribution in [0.1, 0.15) is 29.2 Å². The normalized spacial score (nSPS) is 16.5. The Bertz CT molecular complexity index is 1020. The number of amides is 1. The molecule has 1 heterocycles. The summed E-state index contributed by atoms with van der Waals surface area (Å²) in [7, 11) is -1.82. The highest BCUT2D eigenvalue weighted by molar-refractivity contribution is 7.89. The highest BCUT2D eigenvalue weighted by Crippen LogP contribution is 2.33. The monoisotopic (exact) mass is 401 g/mol. The summed E-state index contributed by atoms with van der Waals surface area (Å²) in [5, 5.41) is 5.23. The molecule has 1 aliphatic rings. The van der Waals surface area contributed by atoms with Gasteiger partial charge in [-0.25, -0.2) is 13.6 Å². The number of sulfonamides is 1. The van der Waals surface area contributed by atoms with Crippen LogP contribution in [0.2, 0.25) is 0 Å². The van der Waals surface area contributed by atoms with E-state index in [1.54, 1.807) is 17.0 Å². The number of fused-ring (bicyclic) bond motifs is 1. The average Bonchev–Trinajstić information content (AvgIpc) is 2.91. The SMILES string of the molecule is Cc1ccc(CN(C)CC(=O)N2c3ccc(S(N)(=O)=O)cc3CC2C)c(C)c1. The molecule has 6 nitrogen and oxygen atoms in total. The predicted octanol–water partition coefficient (Wildman–Crippen LogP) is 2.36. The second-order valence-corrected chi connectivity index (χ2v) is 9.32. The lowest BCUT2D eigenvalue weighted by Gasteiger charge is -2.26. The highest BCUT2D eigenvalue weighted by Gasteiger charge is 2.32. The van der Waals surface area contributed by atoms with Crippen molar-refractivity contribution in [3.63, 3.8) is 0 Å². The van der Waals surface area contributed by atoms with E-state index in [1.165, 1.54) is 22.8 Å². The Kier molecular flexibility index (Phi) is 5.61. The van der Waals surface area contributed by atoms with Crippen LogP contribution in [-0.4, -0.2) is 38.9 Å². The average molecular weight is 402 g/mol. The molecule has 0 saturated heterocycles. The first-order valence-electron chi connectivity index (χ1n) is 9.28. The summed E-state index contributed by atoms with van der Waals surface area (Å²) in [6.07, 6.45) is 0.616. The number of rotatable bonds is 5. The summed E-state index contributed by atoms with van der Waals surface area (Å²) in [6, 6.07) is 11.0. The predicted molar refractivity (Wildman–Crippen MR) is 111 cm³/mol. The van der Waals surface area contributed by atoms with Crippen molar-refractivity contribution in [2.75, 3.05) is 18.5 Å². The second-order valence-electron chi connectivity index (χ2n) is 7.75. The van der Waals surface area contributed by atoms with Gasteiger partial charge in [-0.2, -0.15) is 0 Å². The molecule has 28 heavy (non-hydrogen) atoms. The molecule has 1 aliphatic heterocycles. The van der Waals surface area contributed by atoms with Crippen LogP contribution in [0.15, 0.2) is 41.3 Å². The van der Waals surface area contributed by atoms with E-state index in [1.807, 2.05) is 18.9 Å². The van der Waals surface area contributed by atoms with Crippen LogP contribution in [0, 0.1) is 13.8 Å². The molecule has 1 amide bonds. The summed E-state index contributed by atoms with van der Waals surface area (Å²) in [6.45, 7) is 7.10. The molecular formula is C21H27N3O3S. The van der Waals surface area contributed by atoms with Crippen LogP contribution in [0.25, 0.3) is 0 Å². The van der Waals surface area contributed by atoms with Gasteiger partial charge in [0.05, 0.1) is 11.4 Å². The van der Waals surface area contributed by atoms with E-state index >= 15 is 0 Å². The molecule has 3 rings (SSSR count). The first kappa shape index (κ1) is 20.5. The fraction of sp³-hybridized carbons (Fsp3) is 0.381. The van der Waals surface area contributed by atoms with Crippen molar-refractivity contribution >= 4 is 21.6 Å². The Labute approximate surface area is 167 Å². The quantitative estimate of drug-likeness (QED) is 0.834. The number of primary sulfonamides is 1. The smallest absolute Gasteiger partial charge is 0.241 e. The maximum absolute atomic E-state index is 13.0. The van der Waals surface area contributed by atoms with E-state index in [0.717, 1.165) is 11.3 Å². The van der Waals surface area contributed by atoms with Gasteiger partial charge in [-0.15, -0.1) is 0 Å². The van der Waals surface area contributed by atoms with Crippen LogP contribution >= 0.6 is 0 Å². The number of likely N-dealkylation sites (N-methyl/N-ethyl adjacent to an activating group) is 1. The Morgan fingerprint density at radius 3 is 2.57 bits per heavy atom. The van der Waals surface area contributed by atoms with E-state index < -0.39 is 10.0 Å². The van der Waals surface area contributed by atoms with Crippen molar-refractivity contribution in [1.82, 2.24) is 4.90 Å². The van der Waals surface area contributed by atoms with Crippen molar-refractivity contribution in [2.24, 2.45) is 5.14 Å². The summed E-state index contributed by atoms with van der Waals surface area (Å²) in [5.74, 6) is 0.00173. The van der Waals surface area contributed by atoms with Gasteiger partial charge in [0, 0.05) is 18.3 Å². The van der Waals surface area contributed by atoms with Crippen LogP contribution < -0.4 is 10.0 Å². The van der Waals surface area contributed by atoms with Gasteiger partial charge in [0.2, 0.25) is 15.9 Å². The number of nitrogens with two attached hydrogens (primary N) is 1. The van der Waals surface area contributed by atoms with Gasteiger partial charge in [0.15, 0.2) is 0 Å². The number of carbonyl (C=O) groups is 1. The third kappa shape index (κ3) is 4.27. The number of anilines is 1. The van der Waals surface area contributed by atoms with Crippen LogP contribution in [-0.2, 0) is 27.8 Å². The Morgan fingerprint density at radius 1 is 1.21 bits per heavy atom. The first-order valence-corrected chi connectivity index (χ1v) is 10.8. The van der Waals surface area contributed by atoms with Crippen molar-refractivity contribution < 1.29 is 13.2 Å². The molecule has 0 bridgehead atoms. The number of nitrogens with zero attached hydrogens (tertiary/aromatic N) is 2. The molecule has 0 aliphatic carbocycles. The third-order valence-corrected chi connectivity index (χ3v) is 6.12. The number of carbonyl (C=O) groups excluding carboxylic acids is 1. The van der Waals surface area contributed by atoms with Crippen molar-refractivity contribution in [2.45, 2.75) is 44.7 Å². The van der Waals surface area contributed by atoms with Crippen LogP contribution in [0.4, 0.5) is 5.69 Å². The lowest BCUT2D eigenvalue weighted by atomic mass is 10.1. The molecular weight excluding hydrogens is 374 g/mol. The summed E-state index contributed by atoms with van der Waals surface area (Å²) in [5.41, 5.74) is 5.25. The minimum atomic E-state index is -3.75. The van der Waals surface area contributed by atoms with Crippen molar-refractivity contribution in [3.8, 4) is 0 Å². The zero-order valence-electron chi connectivity index (χ0n) is 16.8. The molecule has 0 radical (unpaired) electrons. The lowest BCUT2D eigenvalue weighted by molar-refractivity contribution is -0.119. The Balaban J connectivity index is 1.74. The molecule has 2 N–H and O–H groups in total. The Morgan fingerprint density at radius 2 is 1.93 bits per heavy atom. The standard InChI is InChI=1S/C21H27N3O3S/c1-14-5-6-17(15(2)9-14)12-23(4)13-21(25)24-16(3)10-18-11-19(28(22,26)27)7-8-20(18)24/h5-9,11,16H,10,12-13H2,1-4H3,(H2,22,26,27). The van der Waals surface area contributed by atoms with Gasteiger partial charge < -0.3 is 4.90 Å². The van der Waals surface area contributed by atoms with E-state index in [-0.39, 0.29) is 23.4 Å². The molecule has 7 heteroatoms. The number of hydrogen-bond acceptors (Lipinski definition) is 4. The molecule has 0 spiro atoms. The molecule has 2 aromatic carbocycles. The van der Waals surface area contributed by atoms with E-state index in [0.29, 0.717) is 13.0 Å². The topological polar surface area (TPSA) is 83.7 Å². The van der Waals surface area contributed by atoms with E-state index in [9.17, 15) is 13.2 Å². The molecule has 1 atom stereocenters. The largest absolute Gasteiger partial charge is 0.308 e. The first-order chi connectivity index (χ1) is 13.1. The molecule has 0 fully saturated rings. The summed E-state index contributed by atoms with van der Waals surface area (Å²) < 4.78 is 23.2. The van der Waals surface area contributed by atoms with E-state index in [2.05, 4.69) is 32.0 Å². The minimum absolute atomic E-state index is 0.00173. The highest BCUT2D eigenvalue weighted by atomic mass is 32.2. The summed E-state index contributed by atoms with van der Waals surface area (Å²) in [4.78, 5) is 16.8. The third-order valence-electron chi connectivity index (χ3n) is 5.21. The lowest BCUT2D eigenvalue weighted by Crippen LogP contribution is -2.42. The van der Waals surface area contributed by atoms with E-state index in [4.69, 9.17) is 5.14 Å². The fourth-order valence-corrected chi connectivity index (χ4v) is 4.41. The van der Waals surface area contributed by atoms with Gasteiger partial charge in [-0.3, -0.25) is 9.69 Å². The van der Waals surface area contributed by atoms with Gasteiger partial charge in [0.25, 0.3) is 0 Å². The summed E-state index contributed by atoms with van der Waals surface area (Å²) >= 11 is 0. The molecule has 1 unspecified atom stereocenters. The van der Waals surface area contributed by atoms with Crippen molar-refractivity contribution in [3.05, 3.63) is 58.7 Å². The van der Waals surface area contributed by atoms with Gasteiger partial charge in [-0.05, 0) is 69.1 Å². The molecule has 150 valence electrons. The Hall–Kier alpha value is -2.22. The maximum atomic E-state index is 13.0. The number of benzene rings is 2. The van der Waals surface area contributed by atoms with Crippen molar-refractivity contribution in [1.29, 1.82) is 0 Å². The molecule has 0 saturated carbocycles. The van der Waals surface area contributed by atoms with Crippen LogP contribution in [0.3, 0.4) is 0 Å². The number of hydrogen-bond donors (Lipinski definition) is 1. The van der Waals surface area contributed by atoms with Gasteiger partial charge in [-0.1, -0.05) is 23.8 Å². The zero-order chi connectivity index (χ0) is 20.6.